The van der Waals surface area contributed by atoms with Gasteiger partial charge in [0.25, 0.3) is 0 Å². The molecule has 25 heavy (non-hydrogen) atoms. The quantitative estimate of drug-likeness (QED) is 0.609. The zero-order valence-corrected chi connectivity index (χ0v) is 15.1. The maximum atomic E-state index is 13.0. The standard InChI is InChI=1S/C20H22O5/c1-20(2,3)25-19(22)17-9-7-6-8-16(17)18(21)13-10-14(23-4)12-15(11-13)24-5/h6-12H,1-5H3. The van der Waals surface area contributed by atoms with Crippen molar-refractivity contribution in [2.75, 3.05) is 14.2 Å². The van der Waals surface area contributed by atoms with E-state index in [1.54, 1.807) is 63.2 Å². The Kier molecular flexibility index (Phi) is 5.47. The molecule has 5 nitrogen and oxygen atoms in total. The Bertz CT molecular complexity index is 765. The fourth-order valence-electron chi connectivity index (χ4n) is 2.29. The molecule has 0 saturated carbocycles. The minimum absolute atomic E-state index is 0.226. The van der Waals surface area contributed by atoms with Crippen LogP contribution in [0.5, 0.6) is 11.5 Å². The summed E-state index contributed by atoms with van der Waals surface area (Å²) in [5.41, 5.74) is 0.218. The third-order valence-corrected chi connectivity index (χ3v) is 3.40. The van der Waals surface area contributed by atoms with Gasteiger partial charge in [0.15, 0.2) is 5.78 Å². The predicted molar refractivity (Wildman–Crippen MR) is 94.6 cm³/mol. The van der Waals surface area contributed by atoms with Crippen LogP contribution < -0.4 is 9.47 Å². The summed E-state index contributed by atoms with van der Waals surface area (Å²) in [6, 6.07) is 11.5. The van der Waals surface area contributed by atoms with Gasteiger partial charge in [0.2, 0.25) is 0 Å². The van der Waals surface area contributed by atoms with Crippen LogP contribution in [0.2, 0.25) is 0 Å². The van der Waals surface area contributed by atoms with Gasteiger partial charge >= 0.3 is 5.97 Å². The lowest BCUT2D eigenvalue weighted by Crippen LogP contribution is -2.25. The smallest absolute Gasteiger partial charge is 0.339 e. The maximum absolute atomic E-state index is 13.0. The molecular weight excluding hydrogens is 320 g/mol. The number of carbonyl (C=O) groups is 2. The van der Waals surface area contributed by atoms with Crippen molar-refractivity contribution in [1.82, 2.24) is 0 Å². The normalized spacial score (nSPS) is 10.9. The molecular formula is C20H22O5. The van der Waals surface area contributed by atoms with Gasteiger partial charge in [-0.2, -0.15) is 0 Å². The minimum atomic E-state index is -0.646. The van der Waals surface area contributed by atoms with Crippen molar-refractivity contribution in [3.05, 3.63) is 59.2 Å². The van der Waals surface area contributed by atoms with E-state index in [0.29, 0.717) is 17.1 Å². The first-order chi connectivity index (χ1) is 11.7. The van der Waals surface area contributed by atoms with Crippen molar-refractivity contribution < 1.29 is 23.8 Å². The molecule has 0 unspecified atom stereocenters. The molecule has 2 aromatic carbocycles. The van der Waals surface area contributed by atoms with Gasteiger partial charge in [-0.1, -0.05) is 18.2 Å². The van der Waals surface area contributed by atoms with Gasteiger partial charge in [-0.05, 0) is 39.0 Å². The molecule has 0 N–H and O–H groups in total. The van der Waals surface area contributed by atoms with E-state index in [1.165, 1.54) is 14.2 Å². The lowest BCUT2D eigenvalue weighted by atomic mass is 9.98. The van der Waals surface area contributed by atoms with Crippen molar-refractivity contribution in [2.24, 2.45) is 0 Å². The Labute approximate surface area is 147 Å². The largest absolute Gasteiger partial charge is 0.497 e. The molecule has 0 fully saturated rings. The molecule has 0 bridgehead atoms. The van der Waals surface area contributed by atoms with Gasteiger partial charge in [-0.15, -0.1) is 0 Å². The van der Waals surface area contributed by atoms with Gasteiger partial charge < -0.3 is 14.2 Å². The van der Waals surface area contributed by atoms with E-state index in [1.807, 2.05) is 0 Å². The highest BCUT2D eigenvalue weighted by molar-refractivity contribution is 6.14. The van der Waals surface area contributed by atoms with Crippen LogP contribution in [0, 0.1) is 0 Å². The van der Waals surface area contributed by atoms with E-state index in [2.05, 4.69) is 0 Å². The molecule has 0 saturated heterocycles. The lowest BCUT2D eigenvalue weighted by Gasteiger charge is -2.20. The van der Waals surface area contributed by atoms with Crippen molar-refractivity contribution in [3.8, 4) is 11.5 Å². The Morgan fingerprint density at radius 3 is 1.84 bits per heavy atom. The van der Waals surface area contributed by atoms with Crippen LogP contribution in [0.1, 0.15) is 47.1 Å². The van der Waals surface area contributed by atoms with E-state index in [-0.39, 0.29) is 16.9 Å². The van der Waals surface area contributed by atoms with Gasteiger partial charge in [0.1, 0.15) is 17.1 Å². The highest BCUT2D eigenvalue weighted by Gasteiger charge is 2.23. The Hall–Kier alpha value is -2.82. The summed E-state index contributed by atoms with van der Waals surface area (Å²) in [6.45, 7) is 5.34. The van der Waals surface area contributed by atoms with E-state index in [4.69, 9.17) is 14.2 Å². The van der Waals surface area contributed by atoms with Crippen LogP contribution >= 0.6 is 0 Å². The summed E-state index contributed by atoms with van der Waals surface area (Å²) in [5, 5.41) is 0. The minimum Gasteiger partial charge on any atom is -0.497 e. The monoisotopic (exact) mass is 342 g/mol. The molecule has 0 aliphatic heterocycles. The summed E-state index contributed by atoms with van der Waals surface area (Å²) in [4.78, 5) is 25.4. The van der Waals surface area contributed by atoms with E-state index in [0.717, 1.165) is 0 Å². The second kappa shape index (κ2) is 7.38. The molecule has 0 spiro atoms. The SMILES string of the molecule is COc1cc(OC)cc(C(=O)c2ccccc2C(=O)OC(C)(C)C)c1. The maximum Gasteiger partial charge on any atom is 0.339 e. The fraction of sp³-hybridized carbons (Fsp3) is 0.300. The number of carbonyl (C=O) groups excluding carboxylic acids is 2. The Morgan fingerprint density at radius 1 is 0.840 bits per heavy atom. The zero-order chi connectivity index (χ0) is 18.6. The summed E-state index contributed by atoms with van der Waals surface area (Å²) in [6.07, 6.45) is 0. The molecule has 0 radical (unpaired) electrons. The molecule has 0 atom stereocenters. The van der Waals surface area contributed by atoms with E-state index < -0.39 is 11.6 Å². The number of ether oxygens (including phenoxy) is 3. The van der Waals surface area contributed by atoms with Crippen LogP contribution in [0.4, 0.5) is 0 Å². The van der Waals surface area contributed by atoms with Crippen LogP contribution in [0.25, 0.3) is 0 Å². The van der Waals surface area contributed by atoms with Crippen molar-refractivity contribution in [3.63, 3.8) is 0 Å². The Balaban J connectivity index is 2.46. The van der Waals surface area contributed by atoms with Gasteiger partial charge in [0, 0.05) is 17.2 Å². The topological polar surface area (TPSA) is 61.8 Å². The number of ketones is 1. The van der Waals surface area contributed by atoms with Crippen molar-refractivity contribution in [1.29, 1.82) is 0 Å². The van der Waals surface area contributed by atoms with Crippen LogP contribution in [0.15, 0.2) is 42.5 Å². The van der Waals surface area contributed by atoms with Crippen LogP contribution in [0.3, 0.4) is 0 Å². The first kappa shape index (κ1) is 18.5. The molecule has 0 aromatic heterocycles. The molecule has 0 heterocycles. The average molecular weight is 342 g/mol. The van der Waals surface area contributed by atoms with Gasteiger partial charge in [0.05, 0.1) is 19.8 Å². The Morgan fingerprint density at radius 2 is 1.36 bits per heavy atom. The lowest BCUT2D eigenvalue weighted by molar-refractivity contribution is 0.00679. The fourth-order valence-corrected chi connectivity index (χ4v) is 2.29. The summed E-state index contributed by atoms with van der Waals surface area (Å²) < 4.78 is 15.8. The molecule has 132 valence electrons. The predicted octanol–water partition coefficient (Wildman–Crippen LogP) is 3.89. The number of benzene rings is 2. The number of hydrogen-bond acceptors (Lipinski definition) is 5. The molecule has 2 aromatic rings. The third kappa shape index (κ3) is 4.59. The number of rotatable bonds is 5. The van der Waals surface area contributed by atoms with Gasteiger partial charge in [-0.25, -0.2) is 4.79 Å². The molecule has 0 amide bonds. The van der Waals surface area contributed by atoms with Crippen molar-refractivity contribution >= 4 is 11.8 Å². The molecule has 2 rings (SSSR count). The number of methoxy groups -OCH3 is 2. The zero-order valence-electron chi connectivity index (χ0n) is 15.1. The molecule has 0 aliphatic carbocycles. The highest BCUT2D eigenvalue weighted by atomic mass is 16.6. The molecule has 0 aliphatic rings. The number of esters is 1. The second-order valence-corrected chi connectivity index (χ2v) is 6.48. The summed E-state index contributed by atoms with van der Waals surface area (Å²) in [7, 11) is 3.02. The third-order valence-electron chi connectivity index (χ3n) is 3.40. The van der Waals surface area contributed by atoms with Crippen LogP contribution in [-0.4, -0.2) is 31.6 Å². The van der Waals surface area contributed by atoms with Gasteiger partial charge in [-0.3, -0.25) is 4.79 Å². The van der Waals surface area contributed by atoms with E-state index >= 15 is 0 Å². The van der Waals surface area contributed by atoms with E-state index in [9.17, 15) is 9.59 Å². The average Bonchev–Trinajstić information content (AvgIpc) is 2.59. The first-order valence-corrected chi connectivity index (χ1v) is 7.85. The van der Waals surface area contributed by atoms with Crippen LogP contribution in [-0.2, 0) is 4.74 Å². The highest BCUT2D eigenvalue weighted by Crippen LogP contribution is 2.26. The second-order valence-electron chi connectivity index (χ2n) is 6.48. The molecule has 5 heteroatoms. The first-order valence-electron chi connectivity index (χ1n) is 7.85. The summed E-state index contributed by atoms with van der Waals surface area (Å²) in [5.74, 6) is 0.153. The summed E-state index contributed by atoms with van der Waals surface area (Å²) >= 11 is 0. The number of hydrogen-bond donors (Lipinski definition) is 0. The van der Waals surface area contributed by atoms with Crippen molar-refractivity contribution in [2.45, 2.75) is 26.4 Å².